The number of amides is 1. The molecule has 3 aromatic rings. The largest absolute Gasteiger partial charge is 0.347 e. The molecule has 0 saturated heterocycles. The molecule has 8 nitrogen and oxygen atoms in total. The fraction of sp³-hybridized carbons (Fsp3) is 0.133. The van der Waals surface area contributed by atoms with Gasteiger partial charge in [-0.3, -0.25) is 5.43 Å². The lowest BCUT2D eigenvalue weighted by Gasteiger charge is -2.27. The molecule has 2 N–H and O–H groups in total. The number of aromatic nitrogens is 4. The summed E-state index contributed by atoms with van der Waals surface area (Å²) >= 11 is 0. The molecule has 0 aliphatic carbocycles. The van der Waals surface area contributed by atoms with Gasteiger partial charge in [-0.05, 0) is 12.1 Å². The molecule has 1 aliphatic rings. The molecule has 114 valence electrons. The van der Waals surface area contributed by atoms with E-state index in [4.69, 9.17) is 6.42 Å². The molecule has 4 rings (SSSR count). The Bertz CT molecular complexity index is 962. The monoisotopic (exact) mass is 307 g/mol. The van der Waals surface area contributed by atoms with E-state index in [9.17, 15) is 4.79 Å². The van der Waals surface area contributed by atoms with Gasteiger partial charge >= 0.3 is 6.03 Å². The van der Waals surface area contributed by atoms with Gasteiger partial charge in [0, 0.05) is 7.05 Å². The van der Waals surface area contributed by atoms with Crippen molar-refractivity contribution < 1.29 is 4.79 Å². The number of terminal acetylenes is 1. The molecule has 1 amide bonds. The minimum absolute atomic E-state index is 0.144. The predicted octanol–water partition coefficient (Wildman–Crippen LogP) is 1.19. The van der Waals surface area contributed by atoms with Crippen LogP contribution in [-0.2, 0) is 7.05 Å². The first kappa shape index (κ1) is 13.4. The Balaban J connectivity index is 1.83. The lowest BCUT2D eigenvalue weighted by molar-refractivity contribution is 0.182. The summed E-state index contributed by atoms with van der Waals surface area (Å²) in [4.78, 5) is 21.3. The second kappa shape index (κ2) is 4.86. The number of carbonyl (C=O) groups excluding carboxylic acids is 1. The Hall–Kier alpha value is -3.31. The molecule has 1 aliphatic heterocycles. The number of carbonyl (C=O) groups is 1. The molecule has 23 heavy (non-hydrogen) atoms. The molecule has 3 heterocycles. The van der Waals surface area contributed by atoms with Crippen LogP contribution in [-0.4, -0.2) is 36.7 Å². The van der Waals surface area contributed by atoms with Crippen LogP contribution in [0.2, 0.25) is 0 Å². The molecule has 2 aromatic heterocycles. The lowest BCUT2D eigenvalue weighted by Crippen LogP contribution is -2.52. The van der Waals surface area contributed by atoms with Crippen molar-refractivity contribution >= 4 is 22.9 Å². The minimum atomic E-state index is -0.297. The second-order valence-corrected chi connectivity index (χ2v) is 5.10. The number of imidazole rings is 2. The topological polar surface area (TPSA) is 80.0 Å². The van der Waals surface area contributed by atoms with Crippen LogP contribution in [0.5, 0.6) is 0 Å². The van der Waals surface area contributed by atoms with Crippen molar-refractivity contribution in [2.24, 2.45) is 7.05 Å². The molecular formula is C15H13N7O. The third-order valence-electron chi connectivity index (χ3n) is 3.76. The molecule has 0 radical (unpaired) electrons. The van der Waals surface area contributed by atoms with Gasteiger partial charge in [-0.2, -0.15) is 0 Å². The summed E-state index contributed by atoms with van der Waals surface area (Å²) in [7, 11) is 1.92. The van der Waals surface area contributed by atoms with Crippen LogP contribution in [0.3, 0.4) is 0 Å². The molecular weight excluding hydrogens is 294 g/mol. The van der Waals surface area contributed by atoms with E-state index in [1.54, 1.807) is 0 Å². The maximum atomic E-state index is 12.3. The van der Waals surface area contributed by atoms with Gasteiger partial charge in [0.25, 0.3) is 0 Å². The predicted molar refractivity (Wildman–Crippen MR) is 85.0 cm³/mol. The number of hydrogen-bond donors (Lipinski definition) is 2. The molecule has 0 spiro atoms. The summed E-state index contributed by atoms with van der Waals surface area (Å²) in [5.41, 5.74) is 8.17. The highest BCUT2D eigenvalue weighted by molar-refractivity contribution is 5.88. The van der Waals surface area contributed by atoms with Crippen LogP contribution in [0.25, 0.3) is 22.6 Å². The van der Waals surface area contributed by atoms with Crippen LogP contribution in [0.4, 0.5) is 10.6 Å². The van der Waals surface area contributed by atoms with E-state index < -0.39 is 0 Å². The average molecular weight is 307 g/mol. The van der Waals surface area contributed by atoms with E-state index in [1.165, 1.54) is 15.9 Å². The van der Waals surface area contributed by atoms with Crippen LogP contribution in [0.1, 0.15) is 0 Å². The third-order valence-corrected chi connectivity index (χ3v) is 3.76. The average Bonchev–Trinajstić information content (AvgIpc) is 3.12. The standard InChI is InChI=1S/C15H13N7O/c1-3-8-22-15(23)21-9-16-12(14(21)18-19-22)13-17-10-6-4-5-7-11(10)20(13)2/h1,4-7,9,18-19H,8H2,2H3. The van der Waals surface area contributed by atoms with Crippen molar-refractivity contribution in [3.05, 3.63) is 30.6 Å². The number of hydrogen-bond acceptors (Lipinski definition) is 5. The molecule has 0 fully saturated rings. The highest BCUT2D eigenvalue weighted by atomic mass is 16.2. The van der Waals surface area contributed by atoms with Crippen LogP contribution in [0.15, 0.2) is 30.6 Å². The van der Waals surface area contributed by atoms with E-state index in [2.05, 4.69) is 26.8 Å². The lowest BCUT2D eigenvalue weighted by atomic mass is 10.3. The number of rotatable bonds is 2. The van der Waals surface area contributed by atoms with Gasteiger partial charge in [0.2, 0.25) is 0 Å². The van der Waals surface area contributed by atoms with Gasteiger partial charge in [-0.15, -0.1) is 12.0 Å². The molecule has 1 aromatic carbocycles. The number of hydrazine groups is 2. The summed E-state index contributed by atoms with van der Waals surface area (Å²) in [6.45, 7) is 0.144. The van der Waals surface area contributed by atoms with E-state index in [-0.39, 0.29) is 12.6 Å². The minimum Gasteiger partial charge on any atom is -0.326 e. The molecule has 0 bridgehead atoms. The Labute approximate surface area is 131 Å². The van der Waals surface area contributed by atoms with Gasteiger partial charge < -0.3 is 4.57 Å². The number of aryl methyl sites for hydroxylation is 1. The summed E-state index contributed by atoms with van der Waals surface area (Å²) in [5.74, 6) is 3.62. The van der Waals surface area contributed by atoms with Crippen molar-refractivity contribution in [1.82, 2.24) is 29.6 Å². The second-order valence-electron chi connectivity index (χ2n) is 5.10. The highest BCUT2D eigenvalue weighted by Gasteiger charge is 2.28. The quantitative estimate of drug-likeness (QED) is 0.695. The summed E-state index contributed by atoms with van der Waals surface area (Å²) in [6.07, 6.45) is 6.71. The Morgan fingerprint density at radius 3 is 2.96 bits per heavy atom. The fourth-order valence-electron chi connectivity index (χ4n) is 2.63. The van der Waals surface area contributed by atoms with E-state index in [1.807, 2.05) is 35.9 Å². The third kappa shape index (κ3) is 1.88. The van der Waals surface area contributed by atoms with Crippen molar-refractivity contribution in [3.63, 3.8) is 0 Å². The molecule has 0 unspecified atom stereocenters. The summed E-state index contributed by atoms with van der Waals surface area (Å²) < 4.78 is 3.35. The number of fused-ring (bicyclic) bond motifs is 2. The first-order chi connectivity index (χ1) is 11.2. The molecule has 0 atom stereocenters. The summed E-state index contributed by atoms with van der Waals surface area (Å²) in [6, 6.07) is 7.52. The van der Waals surface area contributed by atoms with Crippen LogP contribution < -0.4 is 11.0 Å². The number of nitrogens with one attached hydrogen (secondary N) is 2. The van der Waals surface area contributed by atoms with Crippen LogP contribution in [0, 0.1) is 12.3 Å². The molecule has 0 saturated carbocycles. The van der Waals surface area contributed by atoms with Crippen molar-refractivity contribution in [2.75, 3.05) is 12.0 Å². The highest BCUT2D eigenvalue weighted by Crippen LogP contribution is 2.29. The van der Waals surface area contributed by atoms with Gasteiger partial charge in [0.05, 0.1) is 11.0 Å². The zero-order valence-corrected chi connectivity index (χ0v) is 12.3. The van der Waals surface area contributed by atoms with E-state index in [0.717, 1.165) is 11.0 Å². The fourth-order valence-corrected chi connectivity index (χ4v) is 2.63. The Kier molecular flexibility index (Phi) is 2.82. The smallest absolute Gasteiger partial charge is 0.326 e. The molecule has 8 heteroatoms. The number of benzene rings is 1. The van der Waals surface area contributed by atoms with Gasteiger partial charge in [0.1, 0.15) is 18.6 Å². The van der Waals surface area contributed by atoms with Crippen LogP contribution >= 0.6 is 0 Å². The maximum absolute atomic E-state index is 12.3. The number of para-hydroxylation sites is 2. The van der Waals surface area contributed by atoms with Crippen molar-refractivity contribution in [1.29, 1.82) is 0 Å². The van der Waals surface area contributed by atoms with E-state index in [0.29, 0.717) is 17.3 Å². The normalized spacial score (nSPS) is 13.7. The Morgan fingerprint density at radius 1 is 1.35 bits per heavy atom. The van der Waals surface area contributed by atoms with Gasteiger partial charge in [-0.1, -0.05) is 18.1 Å². The SMILES string of the molecule is C#CCN1NNc2c(-c3nc4ccccc4n3C)ncn2C1=O. The summed E-state index contributed by atoms with van der Waals surface area (Å²) in [5, 5.41) is 1.29. The first-order valence-electron chi connectivity index (χ1n) is 6.97. The number of anilines is 1. The van der Waals surface area contributed by atoms with Gasteiger partial charge in [-0.25, -0.2) is 24.3 Å². The first-order valence-corrected chi connectivity index (χ1v) is 6.97. The van der Waals surface area contributed by atoms with E-state index >= 15 is 0 Å². The van der Waals surface area contributed by atoms with Gasteiger partial charge in [0.15, 0.2) is 11.6 Å². The van der Waals surface area contributed by atoms with Crippen molar-refractivity contribution in [2.45, 2.75) is 0 Å². The maximum Gasteiger partial charge on any atom is 0.347 e. The number of nitrogens with zero attached hydrogens (tertiary/aromatic N) is 5. The Morgan fingerprint density at radius 2 is 2.17 bits per heavy atom. The zero-order chi connectivity index (χ0) is 16.0. The van der Waals surface area contributed by atoms with Crippen molar-refractivity contribution in [3.8, 4) is 23.9 Å². The zero-order valence-electron chi connectivity index (χ0n) is 12.3.